The van der Waals surface area contributed by atoms with Crippen LogP contribution in [-0.4, -0.2) is 130 Å². The molecule has 4 aromatic heterocycles. The second-order valence-corrected chi connectivity index (χ2v) is 15.0. The van der Waals surface area contributed by atoms with E-state index in [2.05, 4.69) is 40.5 Å². The van der Waals surface area contributed by atoms with Crippen molar-refractivity contribution in [2.75, 3.05) is 41.5 Å². The molecule has 2 fully saturated rings. The van der Waals surface area contributed by atoms with Gasteiger partial charge in [-0.15, -0.1) is 22.7 Å². The van der Waals surface area contributed by atoms with Gasteiger partial charge < -0.3 is 49.3 Å². The summed E-state index contributed by atoms with van der Waals surface area (Å²) in [5.41, 5.74) is 1.44. The fourth-order valence-corrected chi connectivity index (χ4v) is 8.47. The number of hydrogen-bond donors (Lipinski definition) is 4. The number of alkyl carbamates (subject to hydrolysis) is 2. The molecule has 0 bridgehead atoms. The molecule has 4 amide bonds. The lowest BCUT2D eigenvalue weighted by Gasteiger charge is -2.30. The van der Waals surface area contributed by atoms with Crippen molar-refractivity contribution in [3.05, 3.63) is 36.4 Å². The number of likely N-dealkylation sites (tertiary alicyclic amines) is 2. The van der Waals surface area contributed by atoms with Crippen LogP contribution < -0.4 is 10.6 Å². The molecule has 0 spiro atoms. The Labute approximate surface area is 319 Å². The Bertz CT molecular complexity index is 1810. The minimum absolute atomic E-state index is 0.274. The summed E-state index contributed by atoms with van der Waals surface area (Å²) in [4.78, 5) is 81.7. The van der Waals surface area contributed by atoms with Gasteiger partial charge in [0.2, 0.25) is 11.8 Å². The predicted molar refractivity (Wildman–Crippen MR) is 197 cm³/mol. The molecular weight excluding hydrogens is 741 g/mol. The number of hydrogen-bond acceptors (Lipinski definition) is 14. The number of amides is 4. The molecule has 6 atom stereocenters. The molecule has 2 aliphatic rings. The fourth-order valence-electron chi connectivity index (χ4n) is 6.64. The highest BCUT2D eigenvalue weighted by Crippen LogP contribution is 2.39. The molecule has 0 aromatic carbocycles. The number of carbonyl (C=O) groups is 4. The SMILES string of the molecule is COC(=O)N[C@H](C(=O)N1CCC[C@@H]1c1ncc(-c2ncc(-c3cnc(-c4cnc([C@H]5CCCN5C(=O)[C@@H](NC(=O)OC)[C@@H](C)OC)[nH]4)s3)s2)[nH]1)[C@@H](C)OC. The molecule has 0 unspecified atom stereocenters. The Hall–Kier alpha value is -4.92. The number of nitrogens with one attached hydrogen (secondary N) is 4. The average molecular weight is 785 g/mol. The van der Waals surface area contributed by atoms with Crippen LogP contribution in [0.2, 0.25) is 0 Å². The summed E-state index contributed by atoms with van der Waals surface area (Å²) in [5.74, 6) is 0.722. The van der Waals surface area contributed by atoms with Crippen molar-refractivity contribution >= 4 is 46.7 Å². The van der Waals surface area contributed by atoms with E-state index in [1.165, 1.54) is 51.1 Å². The molecule has 2 saturated heterocycles. The number of aromatic nitrogens is 6. The highest BCUT2D eigenvalue weighted by Gasteiger charge is 2.40. The summed E-state index contributed by atoms with van der Waals surface area (Å²) in [6, 6.07) is -2.45. The number of nitrogens with zero attached hydrogens (tertiary/aromatic N) is 6. The zero-order valence-corrected chi connectivity index (χ0v) is 32.4. The van der Waals surface area contributed by atoms with Gasteiger partial charge >= 0.3 is 12.2 Å². The van der Waals surface area contributed by atoms with Crippen LogP contribution in [0.1, 0.15) is 63.3 Å². The Balaban J connectivity index is 1.13. The largest absolute Gasteiger partial charge is 0.453 e. The molecule has 4 N–H and O–H groups in total. The van der Waals surface area contributed by atoms with Crippen molar-refractivity contribution in [2.45, 2.75) is 75.9 Å². The van der Waals surface area contributed by atoms with E-state index < -0.39 is 36.5 Å². The molecule has 54 heavy (non-hydrogen) atoms. The molecule has 290 valence electrons. The highest BCUT2D eigenvalue weighted by atomic mass is 32.1. The monoisotopic (exact) mass is 784 g/mol. The average Bonchev–Trinajstić information content (AvgIpc) is 4.04. The van der Waals surface area contributed by atoms with Crippen LogP contribution in [-0.2, 0) is 28.5 Å². The predicted octanol–water partition coefficient (Wildman–Crippen LogP) is 3.89. The maximum Gasteiger partial charge on any atom is 0.407 e. The van der Waals surface area contributed by atoms with Crippen molar-refractivity contribution < 1.29 is 38.1 Å². The first kappa shape index (κ1) is 38.8. The van der Waals surface area contributed by atoms with Gasteiger partial charge in [0.15, 0.2) is 0 Å². The first-order chi connectivity index (χ1) is 26.1. The summed E-state index contributed by atoms with van der Waals surface area (Å²) in [6.45, 7) is 4.47. The lowest BCUT2D eigenvalue weighted by Crippen LogP contribution is -2.54. The Kier molecular flexibility index (Phi) is 12.2. The van der Waals surface area contributed by atoms with Gasteiger partial charge in [0, 0.05) is 39.7 Å². The maximum absolute atomic E-state index is 13.6. The number of aromatic amines is 2. The van der Waals surface area contributed by atoms with E-state index in [-0.39, 0.29) is 23.9 Å². The highest BCUT2D eigenvalue weighted by molar-refractivity contribution is 7.24. The number of rotatable bonds is 13. The van der Waals surface area contributed by atoms with Crippen LogP contribution in [0.3, 0.4) is 0 Å². The van der Waals surface area contributed by atoms with Gasteiger partial charge in [-0.3, -0.25) is 9.59 Å². The van der Waals surface area contributed by atoms with Gasteiger partial charge in [0.25, 0.3) is 0 Å². The number of H-pyrrole nitrogens is 2. The van der Waals surface area contributed by atoms with Crippen LogP contribution in [0.4, 0.5) is 9.59 Å². The van der Waals surface area contributed by atoms with E-state index in [0.717, 1.165) is 44.0 Å². The number of methoxy groups -OCH3 is 4. The van der Waals surface area contributed by atoms with Gasteiger partial charge in [-0.25, -0.2) is 29.5 Å². The van der Waals surface area contributed by atoms with Crippen molar-refractivity contribution in [1.82, 2.24) is 50.3 Å². The standard InChI is InChI=1S/C34H44N10O8S2/c1-17(49-3)25(41-33(47)51-5)31(45)43-11-7-9-21(43)27-35-13-19(39-27)29-37-15-23(53-29)24-16-38-30(54-24)20-14-36-28(40-20)22-10-8-12-44(22)32(46)26(18(2)50-4)42-34(48)52-6/h13-18,21-22,25-26H,7-12H2,1-6H3,(H,35,39)(H,36,40)(H,41,47)(H,42,48)/t17-,18-,21-,22-,25+,26+/m1/s1. The quantitative estimate of drug-likeness (QED) is 0.152. The van der Waals surface area contributed by atoms with Crippen LogP contribution in [0.15, 0.2) is 24.8 Å². The Morgan fingerprint density at radius 1 is 0.685 bits per heavy atom. The molecule has 4 aromatic rings. The van der Waals surface area contributed by atoms with E-state index in [9.17, 15) is 19.2 Å². The van der Waals surface area contributed by atoms with Crippen molar-refractivity contribution in [3.63, 3.8) is 0 Å². The third kappa shape index (κ3) is 8.10. The minimum atomic E-state index is -0.919. The minimum Gasteiger partial charge on any atom is -0.453 e. The van der Waals surface area contributed by atoms with Gasteiger partial charge in [-0.05, 0) is 39.5 Å². The van der Waals surface area contributed by atoms with Gasteiger partial charge in [-0.2, -0.15) is 0 Å². The molecule has 2 aliphatic heterocycles. The first-order valence-electron chi connectivity index (χ1n) is 17.4. The molecule has 6 heterocycles. The van der Waals surface area contributed by atoms with E-state index in [1.54, 1.807) is 48.4 Å². The third-order valence-electron chi connectivity index (χ3n) is 9.74. The van der Waals surface area contributed by atoms with Crippen LogP contribution in [0, 0.1) is 0 Å². The molecule has 20 heteroatoms. The normalized spacial score (nSPS) is 19.3. The second-order valence-electron chi connectivity index (χ2n) is 12.9. The van der Waals surface area contributed by atoms with Crippen molar-refractivity contribution in [1.29, 1.82) is 0 Å². The lowest BCUT2D eigenvalue weighted by molar-refractivity contribution is -0.138. The Morgan fingerprint density at radius 3 is 1.46 bits per heavy atom. The summed E-state index contributed by atoms with van der Waals surface area (Å²) in [5, 5.41) is 6.66. The Morgan fingerprint density at radius 2 is 1.09 bits per heavy atom. The first-order valence-corrected chi connectivity index (χ1v) is 19.1. The number of carbonyl (C=O) groups excluding carboxylic acids is 4. The topological polar surface area (TPSA) is 219 Å². The number of thiazole rings is 2. The van der Waals surface area contributed by atoms with E-state index in [1.807, 2.05) is 0 Å². The summed E-state index contributed by atoms with van der Waals surface area (Å²) < 4.78 is 20.2. The maximum atomic E-state index is 13.6. The van der Waals surface area contributed by atoms with Crippen molar-refractivity contribution in [3.8, 4) is 31.2 Å². The van der Waals surface area contributed by atoms with Gasteiger partial charge in [-0.1, -0.05) is 0 Å². The summed E-state index contributed by atoms with van der Waals surface area (Å²) >= 11 is 2.97. The summed E-state index contributed by atoms with van der Waals surface area (Å²) in [7, 11) is 5.46. The van der Waals surface area contributed by atoms with E-state index >= 15 is 0 Å². The van der Waals surface area contributed by atoms with E-state index in [0.29, 0.717) is 37.6 Å². The van der Waals surface area contributed by atoms with Crippen molar-refractivity contribution in [2.24, 2.45) is 0 Å². The zero-order chi connectivity index (χ0) is 38.5. The number of ether oxygens (including phenoxy) is 4. The van der Waals surface area contributed by atoms with Crippen LogP contribution in [0.25, 0.3) is 31.2 Å². The lowest BCUT2D eigenvalue weighted by atomic mass is 10.1. The fraction of sp³-hybridized carbons (Fsp3) is 0.529. The number of imidazole rings is 2. The van der Waals surface area contributed by atoms with Gasteiger partial charge in [0.05, 0.1) is 72.0 Å². The van der Waals surface area contributed by atoms with Crippen LogP contribution in [0.5, 0.6) is 0 Å². The molecule has 0 aliphatic carbocycles. The molecular formula is C34H44N10O8S2. The zero-order valence-electron chi connectivity index (χ0n) is 30.8. The third-order valence-corrected chi connectivity index (χ3v) is 12.0. The molecule has 18 nitrogen and oxygen atoms in total. The molecule has 0 saturated carbocycles. The molecule has 0 radical (unpaired) electrons. The van der Waals surface area contributed by atoms with Crippen LogP contribution >= 0.6 is 22.7 Å². The summed E-state index contributed by atoms with van der Waals surface area (Å²) in [6.07, 6.45) is 7.43. The molecule has 6 rings (SSSR count). The van der Waals surface area contributed by atoms with Gasteiger partial charge in [0.1, 0.15) is 33.7 Å². The van der Waals surface area contributed by atoms with E-state index in [4.69, 9.17) is 18.9 Å². The second kappa shape index (κ2) is 17.0. The smallest absolute Gasteiger partial charge is 0.407 e.